The fraction of sp³-hybridized carbons (Fsp3) is 0.429. The minimum atomic E-state index is 0.188. The van der Waals surface area contributed by atoms with Crippen molar-refractivity contribution in [3.63, 3.8) is 0 Å². The number of likely N-dealkylation sites (N-methyl/N-ethyl adjacent to an activating group) is 1. The van der Waals surface area contributed by atoms with Crippen LogP contribution in [0.15, 0.2) is 24.5 Å². The molecule has 0 radical (unpaired) electrons. The third-order valence-electron chi connectivity index (χ3n) is 3.33. The van der Waals surface area contributed by atoms with Gasteiger partial charge in [0.1, 0.15) is 12.2 Å². The van der Waals surface area contributed by atoms with Gasteiger partial charge in [0, 0.05) is 24.0 Å². The molecule has 2 rings (SSSR count). The minimum Gasteiger partial charge on any atom is -0.313 e. The van der Waals surface area contributed by atoms with E-state index in [1.54, 1.807) is 6.33 Å². The topological polar surface area (TPSA) is 42.7 Å². The van der Waals surface area contributed by atoms with E-state index in [-0.39, 0.29) is 6.04 Å². The van der Waals surface area contributed by atoms with Crippen LogP contribution >= 0.6 is 11.6 Å². The van der Waals surface area contributed by atoms with Gasteiger partial charge in [-0.05, 0) is 38.1 Å². The summed E-state index contributed by atoms with van der Waals surface area (Å²) in [5, 5.41) is 8.31. The van der Waals surface area contributed by atoms with Gasteiger partial charge in [0.05, 0.1) is 0 Å². The van der Waals surface area contributed by atoms with Crippen molar-refractivity contribution in [2.45, 2.75) is 32.9 Å². The number of aromatic nitrogens is 3. The average molecular weight is 279 g/mol. The Labute approximate surface area is 118 Å². The summed E-state index contributed by atoms with van der Waals surface area (Å²) in [5.41, 5.74) is 2.26. The summed E-state index contributed by atoms with van der Waals surface area (Å²) in [6, 6.07) is 6.36. The molecule has 2 aromatic rings. The number of nitrogens with one attached hydrogen (secondary N) is 1. The molecule has 0 spiro atoms. The van der Waals surface area contributed by atoms with E-state index in [1.807, 2.05) is 30.8 Å². The molecule has 19 heavy (non-hydrogen) atoms. The van der Waals surface area contributed by atoms with Crippen molar-refractivity contribution in [3.05, 3.63) is 46.5 Å². The molecule has 1 heterocycles. The lowest BCUT2D eigenvalue weighted by Gasteiger charge is -2.17. The molecule has 1 aromatic carbocycles. The molecule has 5 heteroatoms. The van der Waals surface area contributed by atoms with Crippen LogP contribution in [0.4, 0.5) is 0 Å². The lowest BCUT2D eigenvalue weighted by molar-refractivity contribution is 0.533. The van der Waals surface area contributed by atoms with Crippen LogP contribution in [0.2, 0.25) is 5.02 Å². The summed E-state index contributed by atoms with van der Waals surface area (Å²) in [7, 11) is 1.95. The Morgan fingerprint density at radius 3 is 2.84 bits per heavy atom. The zero-order valence-corrected chi connectivity index (χ0v) is 12.3. The third kappa shape index (κ3) is 3.14. The summed E-state index contributed by atoms with van der Waals surface area (Å²) in [6.45, 7) is 4.91. The average Bonchev–Trinajstić information content (AvgIpc) is 2.86. The zero-order valence-electron chi connectivity index (χ0n) is 11.5. The smallest absolute Gasteiger partial charge is 0.138 e. The highest BCUT2D eigenvalue weighted by molar-refractivity contribution is 6.31. The quantitative estimate of drug-likeness (QED) is 0.914. The predicted octanol–water partition coefficient (Wildman–Crippen LogP) is 2.76. The molecular formula is C14H19ClN4. The molecule has 1 aromatic heterocycles. The second-order valence-corrected chi connectivity index (χ2v) is 4.95. The third-order valence-corrected chi connectivity index (χ3v) is 3.74. The second kappa shape index (κ2) is 6.17. The van der Waals surface area contributed by atoms with Crippen molar-refractivity contribution in [2.75, 3.05) is 7.05 Å². The molecule has 4 nitrogen and oxygen atoms in total. The molecule has 0 bridgehead atoms. The van der Waals surface area contributed by atoms with E-state index in [2.05, 4.69) is 28.4 Å². The van der Waals surface area contributed by atoms with Gasteiger partial charge >= 0.3 is 0 Å². The Balaban J connectivity index is 2.22. The van der Waals surface area contributed by atoms with Gasteiger partial charge in [-0.25, -0.2) is 4.98 Å². The fourth-order valence-corrected chi connectivity index (χ4v) is 2.29. The number of aryl methyl sites for hydroxylation is 2. The van der Waals surface area contributed by atoms with Gasteiger partial charge < -0.3 is 5.32 Å². The van der Waals surface area contributed by atoms with Gasteiger partial charge in [-0.3, -0.25) is 4.68 Å². The highest BCUT2D eigenvalue weighted by atomic mass is 35.5. The lowest BCUT2D eigenvalue weighted by Crippen LogP contribution is -2.21. The molecule has 0 saturated carbocycles. The number of hydrogen-bond donors (Lipinski definition) is 1. The van der Waals surface area contributed by atoms with Crippen molar-refractivity contribution in [3.8, 4) is 0 Å². The number of nitrogens with zero attached hydrogens (tertiary/aromatic N) is 3. The van der Waals surface area contributed by atoms with Gasteiger partial charge in [-0.15, -0.1) is 0 Å². The molecule has 1 unspecified atom stereocenters. The van der Waals surface area contributed by atoms with Gasteiger partial charge in [-0.1, -0.05) is 23.7 Å². The van der Waals surface area contributed by atoms with E-state index < -0.39 is 0 Å². The maximum absolute atomic E-state index is 6.19. The number of halogens is 1. The van der Waals surface area contributed by atoms with E-state index in [0.717, 1.165) is 29.4 Å². The van der Waals surface area contributed by atoms with Crippen molar-refractivity contribution >= 4 is 11.6 Å². The SMILES string of the molecule is CCn1ncnc1CC(NC)c1ccc(C)c(Cl)c1. The van der Waals surface area contributed by atoms with E-state index >= 15 is 0 Å². The van der Waals surface area contributed by atoms with Crippen molar-refractivity contribution < 1.29 is 0 Å². The van der Waals surface area contributed by atoms with E-state index in [4.69, 9.17) is 11.6 Å². The van der Waals surface area contributed by atoms with Crippen molar-refractivity contribution in [1.29, 1.82) is 0 Å². The largest absolute Gasteiger partial charge is 0.313 e. The maximum atomic E-state index is 6.19. The first-order chi connectivity index (χ1) is 9.15. The van der Waals surface area contributed by atoms with Crippen LogP contribution in [0.1, 0.15) is 29.9 Å². The van der Waals surface area contributed by atoms with E-state index in [9.17, 15) is 0 Å². The zero-order chi connectivity index (χ0) is 13.8. The van der Waals surface area contributed by atoms with Crippen LogP contribution in [0, 0.1) is 6.92 Å². The van der Waals surface area contributed by atoms with Gasteiger partial charge in [0.2, 0.25) is 0 Å². The maximum Gasteiger partial charge on any atom is 0.138 e. The fourth-order valence-electron chi connectivity index (χ4n) is 2.11. The molecule has 0 aliphatic rings. The first-order valence-corrected chi connectivity index (χ1v) is 6.83. The molecule has 1 atom stereocenters. The summed E-state index contributed by atoms with van der Waals surface area (Å²) in [4.78, 5) is 4.32. The second-order valence-electron chi connectivity index (χ2n) is 4.55. The first kappa shape index (κ1) is 14.0. The Hall–Kier alpha value is -1.39. The Kier molecular flexibility index (Phi) is 4.56. The first-order valence-electron chi connectivity index (χ1n) is 6.45. The normalized spacial score (nSPS) is 12.6. The number of hydrogen-bond acceptors (Lipinski definition) is 3. The Bertz CT molecular complexity index is 550. The number of benzene rings is 1. The Morgan fingerprint density at radius 2 is 2.21 bits per heavy atom. The minimum absolute atomic E-state index is 0.188. The molecule has 102 valence electrons. The summed E-state index contributed by atoms with van der Waals surface area (Å²) < 4.78 is 1.92. The van der Waals surface area contributed by atoms with Gasteiger partial charge in [0.25, 0.3) is 0 Å². The highest BCUT2D eigenvalue weighted by Crippen LogP contribution is 2.23. The van der Waals surface area contributed by atoms with Crippen LogP contribution in [0.5, 0.6) is 0 Å². The van der Waals surface area contributed by atoms with Gasteiger partial charge in [-0.2, -0.15) is 5.10 Å². The van der Waals surface area contributed by atoms with Crippen molar-refractivity contribution in [2.24, 2.45) is 0 Å². The van der Waals surface area contributed by atoms with Crippen LogP contribution in [0.3, 0.4) is 0 Å². The summed E-state index contributed by atoms with van der Waals surface area (Å²) in [5.74, 6) is 0.985. The highest BCUT2D eigenvalue weighted by Gasteiger charge is 2.14. The van der Waals surface area contributed by atoms with Crippen LogP contribution in [-0.2, 0) is 13.0 Å². The van der Waals surface area contributed by atoms with Crippen LogP contribution < -0.4 is 5.32 Å². The van der Waals surface area contributed by atoms with E-state index in [1.165, 1.54) is 5.56 Å². The number of rotatable bonds is 5. The Morgan fingerprint density at radius 1 is 1.42 bits per heavy atom. The summed E-state index contributed by atoms with van der Waals surface area (Å²) >= 11 is 6.19. The summed E-state index contributed by atoms with van der Waals surface area (Å²) in [6.07, 6.45) is 2.40. The molecule has 0 fully saturated rings. The monoisotopic (exact) mass is 278 g/mol. The molecule has 1 N–H and O–H groups in total. The molecule has 0 saturated heterocycles. The molecule has 0 aliphatic carbocycles. The molecule has 0 amide bonds. The van der Waals surface area contributed by atoms with E-state index in [0.29, 0.717) is 0 Å². The van der Waals surface area contributed by atoms with Crippen LogP contribution in [-0.4, -0.2) is 21.8 Å². The molecule has 0 aliphatic heterocycles. The van der Waals surface area contributed by atoms with Crippen LogP contribution in [0.25, 0.3) is 0 Å². The predicted molar refractivity (Wildman–Crippen MR) is 77.4 cm³/mol. The van der Waals surface area contributed by atoms with Gasteiger partial charge in [0.15, 0.2) is 0 Å². The standard InChI is InChI=1S/C14H19ClN4/c1-4-19-14(17-9-18-19)8-13(16-3)11-6-5-10(2)12(15)7-11/h5-7,9,13,16H,4,8H2,1-3H3. The van der Waals surface area contributed by atoms with Crippen molar-refractivity contribution in [1.82, 2.24) is 20.1 Å². The molecular weight excluding hydrogens is 260 g/mol. The lowest BCUT2D eigenvalue weighted by atomic mass is 10.0.